The third-order valence-corrected chi connectivity index (χ3v) is 4.96. The summed E-state index contributed by atoms with van der Waals surface area (Å²) in [6.07, 6.45) is 1.46. The number of halogens is 1. The maximum atomic E-state index is 12.4. The Kier molecular flexibility index (Phi) is 4.87. The molecule has 0 saturated carbocycles. The molecule has 0 bridgehead atoms. The summed E-state index contributed by atoms with van der Waals surface area (Å²) in [4.78, 5) is 8.30. The lowest BCUT2D eigenvalue weighted by molar-refractivity contribution is 0.601. The van der Waals surface area contributed by atoms with Gasteiger partial charge in [-0.05, 0) is 49.4 Å². The Labute approximate surface area is 151 Å². The highest BCUT2D eigenvalue weighted by molar-refractivity contribution is 7.92. The zero-order valence-electron chi connectivity index (χ0n) is 13.3. The van der Waals surface area contributed by atoms with Crippen LogP contribution in [0.5, 0.6) is 0 Å². The standard InChI is InChI=1S/C17H15ClN4O2S/c1-12-9-17(20-11-19-12)21-14-3-2-4-15(10-14)22-25(23,24)16-7-5-13(18)6-8-16/h2-11,22H,1H3,(H,19,20,21). The number of nitrogens with zero attached hydrogens (tertiary/aromatic N) is 2. The molecule has 0 unspecified atom stereocenters. The molecule has 2 aromatic carbocycles. The molecule has 3 rings (SSSR count). The predicted molar refractivity (Wildman–Crippen MR) is 98.8 cm³/mol. The number of rotatable bonds is 5. The predicted octanol–water partition coefficient (Wildman–Crippen LogP) is 3.98. The molecule has 0 spiro atoms. The molecular weight excluding hydrogens is 360 g/mol. The lowest BCUT2D eigenvalue weighted by atomic mass is 10.3. The molecule has 0 aliphatic rings. The minimum absolute atomic E-state index is 0.140. The molecule has 2 N–H and O–H groups in total. The maximum Gasteiger partial charge on any atom is 0.261 e. The topological polar surface area (TPSA) is 84.0 Å². The van der Waals surface area contributed by atoms with Crippen molar-refractivity contribution in [3.63, 3.8) is 0 Å². The van der Waals surface area contributed by atoms with Crippen LogP contribution in [-0.2, 0) is 10.0 Å². The Morgan fingerprint density at radius 1 is 0.960 bits per heavy atom. The molecule has 128 valence electrons. The zero-order valence-corrected chi connectivity index (χ0v) is 14.8. The Morgan fingerprint density at radius 3 is 2.40 bits per heavy atom. The van der Waals surface area contributed by atoms with Crippen LogP contribution >= 0.6 is 11.6 Å². The third kappa shape index (κ3) is 4.46. The van der Waals surface area contributed by atoms with E-state index in [1.165, 1.54) is 30.6 Å². The number of sulfonamides is 1. The van der Waals surface area contributed by atoms with E-state index in [1.807, 2.05) is 13.0 Å². The Bertz CT molecular complexity index is 992. The minimum Gasteiger partial charge on any atom is -0.340 e. The highest BCUT2D eigenvalue weighted by Gasteiger charge is 2.14. The number of aryl methyl sites for hydroxylation is 1. The number of hydrogen-bond donors (Lipinski definition) is 2. The first kappa shape index (κ1) is 17.2. The highest BCUT2D eigenvalue weighted by Crippen LogP contribution is 2.22. The number of anilines is 3. The second-order valence-electron chi connectivity index (χ2n) is 5.31. The monoisotopic (exact) mass is 374 g/mol. The summed E-state index contributed by atoms with van der Waals surface area (Å²) in [6.45, 7) is 1.86. The lowest BCUT2D eigenvalue weighted by Crippen LogP contribution is -2.12. The van der Waals surface area contributed by atoms with Crippen LogP contribution in [0.3, 0.4) is 0 Å². The van der Waals surface area contributed by atoms with Gasteiger partial charge in [-0.2, -0.15) is 0 Å². The molecule has 0 fully saturated rings. The van der Waals surface area contributed by atoms with E-state index in [4.69, 9.17) is 11.6 Å². The van der Waals surface area contributed by atoms with Crippen LogP contribution < -0.4 is 10.0 Å². The van der Waals surface area contributed by atoms with Crippen LogP contribution in [0.25, 0.3) is 0 Å². The van der Waals surface area contributed by atoms with Crippen molar-refractivity contribution in [1.29, 1.82) is 0 Å². The summed E-state index contributed by atoms with van der Waals surface area (Å²) in [5, 5.41) is 3.59. The van der Waals surface area contributed by atoms with Gasteiger partial charge in [-0.25, -0.2) is 18.4 Å². The first-order valence-corrected chi connectivity index (χ1v) is 9.23. The lowest BCUT2D eigenvalue weighted by Gasteiger charge is -2.11. The Balaban J connectivity index is 1.80. The summed E-state index contributed by atoms with van der Waals surface area (Å²) in [5.41, 5.74) is 1.97. The average Bonchev–Trinajstić information content (AvgIpc) is 2.55. The van der Waals surface area contributed by atoms with Crippen LogP contribution in [0.1, 0.15) is 5.69 Å². The Morgan fingerprint density at radius 2 is 1.68 bits per heavy atom. The fraction of sp³-hybridized carbons (Fsp3) is 0.0588. The van der Waals surface area contributed by atoms with E-state index in [0.29, 0.717) is 22.2 Å². The van der Waals surface area contributed by atoms with Gasteiger partial charge in [0.25, 0.3) is 10.0 Å². The van der Waals surface area contributed by atoms with Crippen LogP contribution in [0, 0.1) is 6.92 Å². The zero-order chi connectivity index (χ0) is 17.9. The summed E-state index contributed by atoms with van der Waals surface area (Å²) in [6, 6.07) is 14.7. The average molecular weight is 375 g/mol. The van der Waals surface area contributed by atoms with Crippen molar-refractivity contribution in [2.75, 3.05) is 10.0 Å². The molecule has 0 radical (unpaired) electrons. The minimum atomic E-state index is -3.69. The Hall–Kier alpha value is -2.64. The SMILES string of the molecule is Cc1cc(Nc2cccc(NS(=O)(=O)c3ccc(Cl)cc3)c2)ncn1. The molecule has 0 saturated heterocycles. The van der Waals surface area contributed by atoms with E-state index in [2.05, 4.69) is 20.0 Å². The molecule has 3 aromatic rings. The largest absolute Gasteiger partial charge is 0.340 e. The van der Waals surface area contributed by atoms with Gasteiger partial charge >= 0.3 is 0 Å². The van der Waals surface area contributed by atoms with Crippen molar-refractivity contribution in [2.45, 2.75) is 11.8 Å². The quantitative estimate of drug-likeness (QED) is 0.705. The van der Waals surface area contributed by atoms with Gasteiger partial charge in [-0.3, -0.25) is 4.72 Å². The van der Waals surface area contributed by atoms with E-state index in [0.717, 1.165) is 5.69 Å². The van der Waals surface area contributed by atoms with Gasteiger partial charge in [-0.15, -0.1) is 0 Å². The van der Waals surface area contributed by atoms with Crippen LogP contribution in [-0.4, -0.2) is 18.4 Å². The number of nitrogens with one attached hydrogen (secondary N) is 2. The molecule has 0 atom stereocenters. The summed E-state index contributed by atoms with van der Waals surface area (Å²) < 4.78 is 27.4. The van der Waals surface area contributed by atoms with E-state index >= 15 is 0 Å². The van der Waals surface area contributed by atoms with Crippen molar-refractivity contribution < 1.29 is 8.42 Å². The summed E-state index contributed by atoms with van der Waals surface area (Å²) in [5.74, 6) is 0.630. The fourth-order valence-electron chi connectivity index (χ4n) is 2.16. The summed E-state index contributed by atoms with van der Waals surface area (Å²) >= 11 is 5.80. The molecule has 8 heteroatoms. The smallest absolute Gasteiger partial charge is 0.261 e. The van der Waals surface area contributed by atoms with Crippen molar-refractivity contribution in [3.8, 4) is 0 Å². The van der Waals surface area contributed by atoms with Crippen molar-refractivity contribution in [1.82, 2.24) is 9.97 Å². The van der Waals surface area contributed by atoms with Crippen molar-refractivity contribution >= 4 is 38.8 Å². The van der Waals surface area contributed by atoms with E-state index in [1.54, 1.807) is 24.3 Å². The van der Waals surface area contributed by atoms with Crippen molar-refractivity contribution in [3.05, 3.63) is 71.6 Å². The number of hydrogen-bond acceptors (Lipinski definition) is 5. The first-order valence-electron chi connectivity index (χ1n) is 7.36. The number of aromatic nitrogens is 2. The van der Waals surface area contributed by atoms with Crippen LogP contribution in [0.4, 0.5) is 17.2 Å². The third-order valence-electron chi connectivity index (χ3n) is 3.31. The van der Waals surface area contributed by atoms with Crippen LogP contribution in [0.15, 0.2) is 65.8 Å². The molecule has 0 aliphatic carbocycles. The van der Waals surface area contributed by atoms with Gasteiger partial charge in [0.15, 0.2) is 0 Å². The molecule has 1 heterocycles. The van der Waals surface area contributed by atoms with Crippen LogP contribution in [0.2, 0.25) is 5.02 Å². The molecule has 6 nitrogen and oxygen atoms in total. The molecule has 25 heavy (non-hydrogen) atoms. The molecule has 0 aliphatic heterocycles. The number of benzene rings is 2. The maximum absolute atomic E-state index is 12.4. The van der Waals surface area contributed by atoms with Gasteiger partial charge in [0.2, 0.25) is 0 Å². The van der Waals surface area contributed by atoms with E-state index in [9.17, 15) is 8.42 Å². The second kappa shape index (κ2) is 7.08. The molecule has 1 aromatic heterocycles. The fourth-order valence-corrected chi connectivity index (χ4v) is 3.33. The van der Waals surface area contributed by atoms with E-state index < -0.39 is 10.0 Å². The van der Waals surface area contributed by atoms with Gasteiger partial charge in [0.05, 0.1) is 10.6 Å². The van der Waals surface area contributed by atoms with Gasteiger partial charge < -0.3 is 5.32 Å². The van der Waals surface area contributed by atoms with Crippen molar-refractivity contribution in [2.24, 2.45) is 0 Å². The van der Waals surface area contributed by atoms with Gasteiger partial charge in [-0.1, -0.05) is 17.7 Å². The van der Waals surface area contributed by atoms with Gasteiger partial charge in [0, 0.05) is 22.5 Å². The first-order chi connectivity index (χ1) is 11.9. The van der Waals surface area contributed by atoms with E-state index in [-0.39, 0.29) is 4.90 Å². The highest BCUT2D eigenvalue weighted by atomic mass is 35.5. The van der Waals surface area contributed by atoms with Gasteiger partial charge in [0.1, 0.15) is 12.1 Å². The normalized spacial score (nSPS) is 11.1. The second-order valence-corrected chi connectivity index (χ2v) is 7.43. The molecule has 0 amide bonds. The molecular formula is C17H15ClN4O2S. The summed E-state index contributed by atoms with van der Waals surface area (Å²) in [7, 11) is -3.69.